The van der Waals surface area contributed by atoms with Crippen LogP contribution < -0.4 is 15.6 Å². The van der Waals surface area contributed by atoms with E-state index in [1.165, 1.54) is 34.7 Å². The summed E-state index contributed by atoms with van der Waals surface area (Å²) in [6.45, 7) is 1.94. The van der Waals surface area contributed by atoms with Gasteiger partial charge in [0, 0.05) is 17.8 Å². The predicted octanol–water partition coefficient (Wildman–Crippen LogP) is 3.97. The number of carbonyl (C=O) groups excluding carboxylic acids is 1. The molecule has 1 N–H and O–H groups in total. The smallest absolute Gasteiger partial charge is 0.258 e. The molecule has 0 aliphatic carbocycles. The third-order valence-electron chi connectivity index (χ3n) is 4.56. The fourth-order valence-corrected chi connectivity index (χ4v) is 3.03. The van der Waals surface area contributed by atoms with E-state index in [-0.39, 0.29) is 18.1 Å². The second-order valence-corrected chi connectivity index (χ2v) is 6.72. The van der Waals surface area contributed by atoms with Crippen molar-refractivity contribution in [2.24, 2.45) is 0 Å². The van der Waals surface area contributed by atoms with Gasteiger partial charge in [0.2, 0.25) is 0 Å². The van der Waals surface area contributed by atoms with Crippen LogP contribution in [0.2, 0.25) is 0 Å². The van der Waals surface area contributed by atoms with Crippen LogP contribution in [-0.2, 0) is 6.61 Å². The molecular formula is C23H18FN3O3. The molecule has 0 radical (unpaired) electrons. The Morgan fingerprint density at radius 1 is 1.10 bits per heavy atom. The van der Waals surface area contributed by atoms with Crippen LogP contribution in [0.5, 0.6) is 5.75 Å². The highest BCUT2D eigenvalue weighted by molar-refractivity contribution is 6.05. The van der Waals surface area contributed by atoms with Crippen LogP contribution in [0.15, 0.2) is 77.7 Å². The van der Waals surface area contributed by atoms with Gasteiger partial charge in [-0.2, -0.15) is 0 Å². The molecule has 4 rings (SSSR count). The van der Waals surface area contributed by atoms with Crippen molar-refractivity contribution in [2.75, 3.05) is 5.32 Å². The van der Waals surface area contributed by atoms with Gasteiger partial charge in [-0.3, -0.25) is 14.0 Å². The van der Waals surface area contributed by atoms with E-state index in [2.05, 4.69) is 10.3 Å². The maximum Gasteiger partial charge on any atom is 0.258 e. The van der Waals surface area contributed by atoms with Gasteiger partial charge in [0.1, 0.15) is 23.8 Å². The van der Waals surface area contributed by atoms with Crippen LogP contribution in [0.3, 0.4) is 0 Å². The topological polar surface area (TPSA) is 72.7 Å². The van der Waals surface area contributed by atoms with Crippen molar-refractivity contribution in [1.29, 1.82) is 0 Å². The predicted molar refractivity (Wildman–Crippen MR) is 111 cm³/mol. The number of amides is 1. The first-order valence-corrected chi connectivity index (χ1v) is 9.28. The van der Waals surface area contributed by atoms with Gasteiger partial charge in [-0.1, -0.05) is 18.2 Å². The molecule has 0 aliphatic heterocycles. The molecule has 0 saturated carbocycles. The number of rotatable bonds is 5. The zero-order chi connectivity index (χ0) is 21.1. The van der Waals surface area contributed by atoms with Crippen molar-refractivity contribution in [3.63, 3.8) is 0 Å². The first-order chi connectivity index (χ1) is 14.5. The Labute approximate surface area is 171 Å². The number of aryl methyl sites for hydroxylation is 1. The number of aromatic nitrogens is 2. The number of nitrogens with zero attached hydrogens (tertiary/aromatic N) is 2. The molecule has 0 unspecified atom stereocenters. The molecule has 2 aromatic heterocycles. The third kappa shape index (κ3) is 4.05. The van der Waals surface area contributed by atoms with Crippen molar-refractivity contribution < 1.29 is 13.9 Å². The molecular weight excluding hydrogens is 385 g/mol. The first kappa shape index (κ1) is 19.3. The fraction of sp³-hybridized carbons (Fsp3) is 0.0870. The molecule has 1 amide bonds. The number of benzene rings is 2. The molecule has 0 fully saturated rings. The van der Waals surface area contributed by atoms with Gasteiger partial charge < -0.3 is 10.1 Å². The summed E-state index contributed by atoms with van der Waals surface area (Å²) in [6.07, 6.45) is 1.67. The highest BCUT2D eigenvalue weighted by Gasteiger charge is 2.11. The van der Waals surface area contributed by atoms with Gasteiger partial charge in [0.15, 0.2) is 0 Å². The summed E-state index contributed by atoms with van der Waals surface area (Å²) in [5, 5.41) is 2.76. The number of fused-ring (bicyclic) bond motifs is 1. The number of anilines is 1. The molecule has 2 aromatic carbocycles. The van der Waals surface area contributed by atoms with Gasteiger partial charge in [-0.15, -0.1) is 0 Å². The van der Waals surface area contributed by atoms with Gasteiger partial charge in [-0.05, 0) is 55.0 Å². The van der Waals surface area contributed by atoms with E-state index in [0.717, 1.165) is 5.56 Å². The van der Waals surface area contributed by atoms with Crippen LogP contribution in [-0.4, -0.2) is 15.3 Å². The molecule has 30 heavy (non-hydrogen) atoms. The van der Waals surface area contributed by atoms with Gasteiger partial charge >= 0.3 is 0 Å². The van der Waals surface area contributed by atoms with Crippen LogP contribution in [0.4, 0.5) is 10.1 Å². The lowest BCUT2D eigenvalue weighted by Crippen LogP contribution is -2.17. The zero-order valence-electron chi connectivity index (χ0n) is 16.1. The fourth-order valence-electron chi connectivity index (χ4n) is 3.03. The number of hydrogen-bond acceptors (Lipinski definition) is 4. The Bertz CT molecular complexity index is 1280. The molecule has 2 heterocycles. The average Bonchev–Trinajstić information content (AvgIpc) is 2.74. The maximum absolute atomic E-state index is 13.1. The molecule has 7 heteroatoms. The standard InChI is InChI=1S/C23H18FN3O3/c1-15-5-4-12-27-21(28)13-18(25-22(15)27)14-30-20-7-3-2-6-19(20)26-23(29)16-8-10-17(24)11-9-16/h2-13H,14H2,1H3,(H,26,29). The lowest BCUT2D eigenvalue weighted by atomic mass is 10.2. The van der Waals surface area contributed by atoms with Crippen LogP contribution in [0.25, 0.3) is 5.65 Å². The molecule has 6 nitrogen and oxygen atoms in total. The molecule has 4 aromatic rings. The van der Waals surface area contributed by atoms with Crippen LogP contribution in [0.1, 0.15) is 21.6 Å². The minimum absolute atomic E-state index is 0.0590. The van der Waals surface area contributed by atoms with Crippen molar-refractivity contribution >= 4 is 17.2 Å². The largest absolute Gasteiger partial charge is 0.485 e. The Balaban J connectivity index is 1.54. The van der Waals surface area contributed by atoms with E-state index in [4.69, 9.17) is 4.74 Å². The van der Waals surface area contributed by atoms with Crippen LogP contribution >= 0.6 is 0 Å². The lowest BCUT2D eigenvalue weighted by Gasteiger charge is -2.13. The Hall–Kier alpha value is -4.00. The highest BCUT2D eigenvalue weighted by Crippen LogP contribution is 2.25. The molecule has 0 spiro atoms. The Morgan fingerprint density at radius 2 is 1.87 bits per heavy atom. The number of halogens is 1. The van der Waals surface area contributed by atoms with Crippen molar-refractivity contribution in [3.05, 3.63) is 106 Å². The van der Waals surface area contributed by atoms with Crippen LogP contribution in [0, 0.1) is 12.7 Å². The highest BCUT2D eigenvalue weighted by atomic mass is 19.1. The molecule has 0 bridgehead atoms. The molecule has 0 saturated heterocycles. The minimum Gasteiger partial charge on any atom is -0.485 e. The van der Waals surface area contributed by atoms with Gasteiger partial charge in [0.05, 0.1) is 11.4 Å². The summed E-state index contributed by atoms with van der Waals surface area (Å²) < 4.78 is 20.4. The van der Waals surface area contributed by atoms with E-state index in [1.54, 1.807) is 36.5 Å². The maximum atomic E-state index is 13.1. The Kier molecular flexibility index (Phi) is 5.26. The van der Waals surface area contributed by atoms with Gasteiger partial charge in [0.25, 0.3) is 11.5 Å². The van der Waals surface area contributed by atoms with Gasteiger partial charge in [-0.25, -0.2) is 9.37 Å². The number of para-hydroxylation sites is 2. The second-order valence-electron chi connectivity index (χ2n) is 6.72. The SMILES string of the molecule is Cc1cccn2c(=O)cc(COc3ccccc3NC(=O)c3ccc(F)cc3)nc12. The van der Waals surface area contributed by atoms with E-state index < -0.39 is 5.82 Å². The molecule has 0 atom stereocenters. The number of nitrogens with one attached hydrogen (secondary N) is 1. The average molecular weight is 403 g/mol. The summed E-state index contributed by atoms with van der Waals surface area (Å²) in [5.41, 5.74) is 2.52. The zero-order valence-corrected chi connectivity index (χ0v) is 16.1. The quantitative estimate of drug-likeness (QED) is 0.547. The number of ether oxygens (including phenoxy) is 1. The normalized spacial score (nSPS) is 10.7. The van der Waals surface area contributed by atoms with Crippen molar-refractivity contribution in [1.82, 2.24) is 9.38 Å². The Morgan fingerprint density at radius 3 is 2.67 bits per heavy atom. The van der Waals surface area contributed by atoms with Crippen molar-refractivity contribution in [3.8, 4) is 5.75 Å². The van der Waals surface area contributed by atoms with E-state index in [9.17, 15) is 14.0 Å². The summed E-state index contributed by atoms with van der Waals surface area (Å²) >= 11 is 0. The second kappa shape index (κ2) is 8.16. The summed E-state index contributed by atoms with van der Waals surface area (Å²) in [4.78, 5) is 29.3. The van der Waals surface area contributed by atoms with Crippen molar-refractivity contribution in [2.45, 2.75) is 13.5 Å². The summed E-state index contributed by atoms with van der Waals surface area (Å²) in [5.74, 6) is -0.368. The number of carbonyl (C=O) groups is 1. The lowest BCUT2D eigenvalue weighted by molar-refractivity contribution is 0.102. The summed E-state index contributed by atoms with van der Waals surface area (Å²) in [6, 6.07) is 17.3. The number of pyridine rings is 1. The van der Waals surface area contributed by atoms with E-state index in [0.29, 0.717) is 28.3 Å². The molecule has 150 valence electrons. The first-order valence-electron chi connectivity index (χ1n) is 9.28. The third-order valence-corrected chi connectivity index (χ3v) is 4.56. The summed E-state index contributed by atoms with van der Waals surface area (Å²) in [7, 11) is 0. The molecule has 0 aliphatic rings. The monoisotopic (exact) mass is 403 g/mol. The van der Waals surface area contributed by atoms with E-state index in [1.807, 2.05) is 13.0 Å². The minimum atomic E-state index is -0.413. The van der Waals surface area contributed by atoms with E-state index >= 15 is 0 Å². The number of hydrogen-bond donors (Lipinski definition) is 1.